The summed E-state index contributed by atoms with van der Waals surface area (Å²) in [7, 11) is 4.19. The standard InChI is InChI=1S/C28H45F3.C2H6.BHS/c1-5-20-9-7-16-26(3)22(18-20)11-13-23-24-14-12-21(27(24,4)17-15-25(23)26)10-6-8-19(2)28(29,30)31;2*1-2/h11,19-21,23-25H,5-10,12-18H2,1-4H3;1-2H3;2H. The summed E-state index contributed by atoms with van der Waals surface area (Å²) in [4.78, 5) is 0. The largest absolute Gasteiger partial charge is 0.391 e. The average molecular weight is 513 g/mol. The van der Waals surface area contributed by atoms with Crippen molar-refractivity contribution in [1.29, 1.82) is 0 Å². The summed E-state index contributed by atoms with van der Waals surface area (Å²) in [5, 5.41) is 0. The Balaban J connectivity index is 0.00000103. The number of hydrogen-bond donors (Lipinski definition) is 1. The molecule has 0 spiro atoms. The molecule has 0 N–H and O–H groups in total. The Morgan fingerprint density at radius 2 is 1.74 bits per heavy atom. The molecule has 8 unspecified atom stereocenters. The maximum Gasteiger partial charge on any atom is 0.391 e. The third-order valence-electron chi connectivity index (χ3n) is 11.0. The maximum absolute atomic E-state index is 12.9. The quantitative estimate of drug-likeness (QED) is 0.211. The molecular weight excluding hydrogens is 460 g/mol. The van der Waals surface area contributed by atoms with E-state index in [2.05, 4.69) is 46.5 Å². The lowest BCUT2D eigenvalue weighted by Gasteiger charge is -2.56. The molecule has 35 heavy (non-hydrogen) atoms. The van der Waals surface area contributed by atoms with E-state index in [9.17, 15) is 13.2 Å². The third-order valence-corrected chi connectivity index (χ3v) is 11.0. The highest BCUT2D eigenvalue weighted by Crippen LogP contribution is 2.66. The van der Waals surface area contributed by atoms with Crippen molar-refractivity contribution >= 4 is 19.6 Å². The normalized spacial score (nSPS) is 39.3. The second-order valence-corrected chi connectivity index (χ2v) is 12.3. The van der Waals surface area contributed by atoms with E-state index in [-0.39, 0.29) is 0 Å². The zero-order valence-corrected chi connectivity index (χ0v) is 24.3. The summed E-state index contributed by atoms with van der Waals surface area (Å²) in [6.45, 7) is 12.8. The second kappa shape index (κ2) is 13.1. The van der Waals surface area contributed by atoms with Crippen molar-refractivity contribution in [3.63, 3.8) is 0 Å². The van der Waals surface area contributed by atoms with Crippen molar-refractivity contribution in [2.45, 2.75) is 131 Å². The predicted molar refractivity (Wildman–Crippen MR) is 149 cm³/mol. The molecule has 0 nitrogen and oxygen atoms in total. The van der Waals surface area contributed by atoms with Gasteiger partial charge in [-0.15, -0.1) is 0 Å². The molecule has 4 aliphatic carbocycles. The Bertz CT molecular complexity index is 677. The molecular formula is C30H52BF3S. The molecule has 0 saturated heterocycles. The molecule has 202 valence electrons. The summed E-state index contributed by atoms with van der Waals surface area (Å²) in [6.07, 6.45) is 14.0. The van der Waals surface area contributed by atoms with Gasteiger partial charge in [0, 0.05) is 0 Å². The molecule has 4 aliphatic rings. The predicted octanol–water partition coefficient (Wildman–Crippen LogP) is 10.4. The Morgan fingerprint density at radius 1 is 1.06 bits per heavy atom. The van der Waals surface area contributed by atoms with Crippen LogP contribution in [-0.4, -0.2) is 13.3 Å². The Kier molecular flexibility index (Phi) is 11.7. The van der Waals surface area contributed by atoms with Gasteiger partial charge in [-0.05, 0) is 98.2 Å². The highest BCUT2D eigenvalue weighted by molar-refractivity contribution is 8.03. The van der Waals surface area contributed by atoms with Crippen LogP contribution in [0.15, 0.2) is 11.6 Å². The topological polar surface area (TPSA) is 0 Å². The molecule has 0 aliphatic heterocycles. The first-order valence-electron chi connectivity index (χ1n) is 14.6. The highest BCUT2D eigenvalue weighted by Gasteiger charge is 2.57. The van der Waals surface area contributed by atoms with Gasteiger partial charge in [-0.25, -0.2) is 12.5 Å². The van der Waals surface area contributed by atoms with E-state index in [1.54, 1.807) is 5.57 Å². The van der Waals surface area contributed by atoms with E-state index in [0.29, 0.717) is 23.2 Å². The van der Waals surface area contributed by atoms with Crippen molar-refractivity contribution in [2.24, 2.45) is 46.3 Å². The fourth-order valence-electron chi connectivity index (χ4n) is 8.76. The lowest BCUT2D eigenvalue weighted by atomic mass is 9.48. The Labute approximate surface area is 221 Å². The van der Waals surface area contributed by atoms with Crippen LogP contribution in [0.2, 0.25) is 0 Å². The van der Waals surface area contributed by atoms with Gasteiger partial charge in [0.2, 0.25) is 0 Å². The number of allylic oxidation sites excluding steroid dienone is 2. The van der Waals surface area contributed by atoms with Gasteiger partial charge >= 0.3 is 6.18 Å². The van der Waals surface area contributed by atoms with Crippen molar-refractivity contribution in [3.8, 4) is 0 Å². The molecule has 0 amide bonds. The third kappa shape index (κ3) is 6.51. The first kappa shape index (κ1) is 31.2. The summed E-state index contributed by atoms with van der Waals surface area (Å²) in [5.74, 6) is 2.80. The van der Waals surface area contributed by atoms with Crippen LogP contribution in [0.3, 0.4) is 0 Å². The average Bonchev–Trinajstić information content (AvgIpc) is 3.07. The molecule has 2 radical (unpaired) electrons. The first-order valence-corrected chi connectivity index (χ1v) is 15.1. The smallest absolute Gasteiger partial charge is 0.244 e. The van der Waals surface area contributed by atoms with Crippen LogP contribution in [-0.2, 0) is 0 Å². The van der Waals surface area contributed by atoms with Gasteiger partial charge in [-0.2, -0.15) is 13.2 Å². The van der Waals surface area contributed by atoms with E-state index in [4.69, 9.17) is 0 Å². The van der Waals surface area contributed by atoms with Crippen molar-refractivity contribution in [2.75, 3.05) is 0 Å². The number of fused-ring (bicyclic) bond motifs is 5. The SMILES string of the molecule is CC.CCC1CCCC2(C)C(=CCC3C2CCC2(C)C(CCCC(C)C(F)(F)F)CCC32)C1.[B]S. The van der Waals surface area contributed by atoms with Crippen molar-refractivity contribution in [3.05, 3.63) is 11.6 Å². The van der Waals surface area contributed by atoms with Gasteiger partial charge in [0.15, 0.2) is 7.12 Å². The maximum atomic E-state index is 12.9. The fraction of sp³-hybridized carbons (Fsp3) is 0.933. The van der Waals surface area contributed by atoms with E-state index < -0.39 is 12.1 Å². The highest BCUT2D eigenvalue weighted by atomic mass is 32.1. The molecule has 0 aromatic rings. The van der Waals surface area contributed by atoms with Gasteiger partial charge in [0.05, 0.1) is 5.92 Å². The van der Waals surface area contributed by atoms with Crippen LogP contribution >= 0.6 is 12.5 Å². The fourth-order valence-corrected chi connectivity index (χ4v) is 8.76. The van der Waals surface area contributed by atoms with Crippen LogP contribution in [0.4, 0.5) is 13.2 Å². The molecule has 8 atom stereocenters. The zero-order valence-electron chi connectivity index (χ0n) is 23.4. The molecule has 5 heteroatoms. The molecule has 3 saturated carbocycles. The first-order chi connectivity index (χ1) is 16.6. The number of alkyl halides is 3. The molecule has 0 bridgehead atoms. The minimum atomic E-state index is -4.03. The summed E-state index contributed by atoms with van der Waals surface area (Å²) in [6, 6.07) is 0. The van der Waals surface area contributed by atoms with Gasteiger partial charge in [-0.3, -0.25) is 0 Å². The van der Waals surface area contributed by atoms with Crippen LogP contribution in [0, 0.1) is 46.3 Å². The lowest BCUT2D eigenvalue weighted by Crippen LogP contribution is -2.48. The Morgan fingerprint density at radius 3 is 2.37 bits per heavy atom. The number of thiol groups is 1. The summed E-state index contributed by atoms with van der Waals surface area (Å²) in [5.41, 5.74) is 2.56. The van der Waals surface area contributed by atoms with Gasteiger partial charge in [0.25, 0.3) is 0 Å². The van der Waals surface area contributed by atoms with Gasteiger partial charge in [-0.1, -0.05) is 78.9 Å². The van der Waals surface area contributed by atoms with Crippen molar-refractivity contribution in [1.82, 2.24) is 0 Å². The summed E-state index contributed by atoms with van der Waals surface area (Å²) >= 11 is 3.03. The number of halogens is 3. The molecule has 4 rings (SSSR count). The zero-order chi connectivity index (χ0) is 26.4. The number of hydrogen-bond acceptors (Lipinski definition) is 1. The van der Waals surface area contributed by atoms with Crippen LogP contribution < -0.4 is 0 Å². The van der Waals surface area contributed by atoms with E-state index in [0.717, 1.165) is 36.5 Å². The molecule has 3 fully saturated rings. The van der Waals surface area contributed by atoms with Crippen LogP contribution in [0.25, 0.3) is 0 Å². The molecule has 0 aromatic heterocycles. The summed E-state index contributed by atoms with van der Waals surface area (Å²) < 4.78 is 38.8. The van der Waals surface area contributed by atoms with E-state index in [1.807, 2.05) is 13.8 Å². The lowest BCUT2D eigenvalue weighted by molar-refractivity contribution is -0.171. The van der Waals surface area contributed by atoms with E-state index in [1.165, 1.54) is 71.1 Å². The van der Waals surface area contributed by atoms with Crippen LogP contribution in [0.5, 0.6) is 0 Å². The van der Waals surface area contributed by atoms with Crippen molar-refractivity contribution < 1.29 is 13.2 Å². The number of rotatable bonds is 5. The van der Waals surface area contributed by atoms with Gasteiger partial charge < -0.3 is 0 Å². The minimum Gasteiger partial charge on any atom is -0.244 e. The molecule has 0 heterocycles. The van der Waals surface area contributed by atoms with Gasteiger partial charge in [0.1, 0.15) is 0 Å². The minimum absolute atomic E-state index is 0.301. The van der Waals surface area contributed by atoms with E-state index >= 15 is 0 Å². The second-order valence-electron chi connectivity index (χ2n) is 12.3. The molecule has 0 aromatic carbocycles. The monoisotopic (exact) mass is 512 g/mol. The van der Waals surface area contributed by atoms with Crippen LogP contribution in [0.1, 0.15) is 125 Å². The Hall–Kier alpha value is -0.0551.